The van der Waals surface area contributed by atoms with Crippen molar-refractivity contribution < 1.29 is 5.26 Å². The molecule has 0 aliphatic rings. The van der Waals surface area contributed by atoms with Crippen LogP contribution in [0.1, 0.15) is 19.4 Å². The Morgan fingerprint density at radius 3 is 2.43 bits per heavy atom. The lowest BCUT2D eigenvalue weighted by Gasteiger charge is -2.12. The number of benzene rings is 1. The van der Waals surface area contributed by atoms with Crippen LogP contribution in [-0.4, -0.2) is 6.04 Å². The summed E-state index contributed by atoms with van der Waals surface area (Å²) >= 11 is 0. The lowest BCUT2D eigenvalue weighted by molar-refractivity contribution is -0.0978. The molecule has 1 atom stereocenters. The molecule has 0 spiro atoms. The molecule has 0 saturated heterocycles. The third-order valence-electron chi connectivity index (χ3n) is 2.19. The van der Waals surface area contributed by atoms with Gasteiger partial charge in [-0.2, -0.15) is 0 Å². The van der Waals surface area contributed by atoms with E-state index in [1.165, 1.54) is 5.56 Å². The summed E-state index contributed by atoms with van der Waals surface area (Å²) in [5.74, 6) is 0.413. The van der Waals surface area contributed by atoms with Gasteiger partial charge in [0, 0.05) is 6.54 Å². The minimum absolute atomic E-state index is 0.0511. The number of hydrogen-bond acceptors (Lipinski definition) is 1. The molecule has 0 aromatic heterocycles. The van der Waals surface area contributed by atoms with Gasteiger partial charge in [-0.3, -0.25) is 5.32 Å². The van der Waals surface area contributed by atoms with E-state index in [-0.39, 0.29) is 6.04 Å². The SMILES string of the molecule is CC(C)[C@@H](C#[NH+])NCc1ccccc1. The van der Waals surface area contributed by atoms with Gasteiger partial charge in [0.05, 0.1) is 0 Å². The number of nitrogens with one attached hydrogen (secondary N) is 2. The molecule has 0 radical (unpaired) electrons. The molecule has 0 heterocycles. The van der Waals surface area contributed by atoms with Crippen LogP contribution in [-0.2, 0) is 6.54 Å². The number of hydrogen-bond donors (Lipinski definition) is 2. The fourth-order valence-electron chi connectivity index (χ4n) is 1.28. The van der Waals surface area contributed by atoms with E-state index in [0.717, 1.165) is 6.54 Å². The van der Waals surface area contributed by atoms with Gasteiger partial charge in [0.2, 0.25) is 0 Å². The molecular weight excluding hydrogens is 172 g/mol. The van der Waals surface area contributed by atoms with Crippen LogP contribution in [0.4, 0.5) is 0 Å². The van der Waals surface area contributed by atoms with Gasteiger partial charge in [-0.1, -0.05) is 49.4 Å². The average molecular weight is 189 g/mol. The van der Waals surface area contributed by atoms with Gasteiger partial charge < -0.3 is 0 Å². The second-order valence-corrected chi connectivity index (χ2v) is 3.73. The zero-order valence-corrected chi connectivity index (χ0v) is 8.75. The standard InChI is InChI=1S/C12H16N2/c1-10(2)12(8-13)14-9-11-6-4-3-5-7-11/h3-7,10,12,14H,9H2,1-2H3/p+1/t12-/m1/s1. The summed E-state index contributed by atoms with van der Waals surface area (Å²) < 4.78 is 0. The predicted octanol–water partition coefficient (Wildman–Crippen LogP) is 0.574. The minimum Gasteiger partial charge on any atom is -0.294 e. The molecule has 2 N–H and O–H groups in total. The fraction of sp³-hybridized carbons (Fsp3) is 0.417. The van der Waals surface area contributed by atoms with Gasteiger partial charge in [-0.25, -0.2) is 0 Å². The van der Waals surface area contributed by atoms with Crippen molar-refractivity contribution >= 4 is 0 Å². The van der Waals surface area contributed by atoms with Crippen LogP contribution in [0.25, 0.3) is 0 Å². The lowest BCUT2D eigenvalue weighted by atomic mass is 10.1. The van der Waals surface area contributed by atoms with E-state index < -0.39 is 0 Å². The van der Waals surface area contributed by atoms with Crippen LogP contribution in [0.5, 0.6) is 0 Å². The van der Waals surface area contributed by atoms with Gasteiger partial charge in [0.1, 0.15) is 6.04 Å². The van der Waals surface area contributed by atoms with Crippen LogP contribution in [0.2, 0.25) is 0 Å². The molecule has 2 heteroatoms. The summed E-state index contributed by atoms with van der Waals surface area (Å²) in [5, 5.41) is 10.4. The molecule has 0 amide bonds. The Kier molecular flexibility index (Phi) is 4.15. The van der Waals surface area contributed by atoms with E-state index in [0.29, 0.717) is 5.92 Å². The van der Waals surface area contributed by atoms with Crippen molar-refractivity contribution in [1.29, 1.82) is 0 Å². The van der Waals surface area contributed by atoms with Crippen molar-refractivity contribution in [2.45, 2.75) is 26.4 Å². The quantitative estimate of drug-likeness (QED) is 0.714. The molecule has 0 aliphatic carbocycles. The molecule has 0 fully saturated rings. The second-order valence-electron chi connectivity index (χ2n) is 3.73. The zero-order valence-electron chi connectivity index (χ0n) is 8.75. The first-order chi connectivity index (χ1) is 6.74. The van der Waals surface area contributed by atoms with Crippen molar-refractivity contribution in [1.82, 2.24) is 5.32 Å². The summed E-state index contributed by atoms with van der Waals surface area (Å²) in [4.78, 5) is 0. The van der Waals surface area contributed by atoms with E-state index in [1.807, 2.05) is 18.2 Å². The Bertz CT molecular complexity index is 298. The highest BCUT2D eigenvalue weighted by Crippen LogP contribution is 2.02. The van der Waals surface area contributed by atoms with Crippen molar-refractivity contribution in [2.75, 3.05) is 0 Å². The van der Waals surface area contributed by atoms with Gasteiger partial charge in [0.15, 0.2) is 0 Å². The normalized spacial score (nSPS) is 12.4. The van der Waals surface area contributed by atoms with Gasteiger partial charge in [-0.15, -0.1) is 0 Å². The summed E-state index contributed by atoms with van der Waals surface area (Å²) in [6.45, 7) is 4.98. The Hall–Kier alpha value is -1.33. The van der Waals surface area contributed by atoms with Crippen LogP contribution in [0.3, 0.4) is 0 Å². The van der Waals surface area contributed by atoms with E-state index in [9.17, 15) is 0 Å². The molecule has 0 unspecified atom stereocenters. The minimum atomic E-state index is 0.0511. The maximum Gasteiger partial charge on any atom is 0.289 e. The van der Waals surface area contributed by atoms with E-state index in [2.05, 4.69) is 37.4 Å². The Balaban J connectivity index is 2.45. The zero-order chi connectivity index (χ0) is 10.4. The van der Waals surface area contributed by atoms with Crippen LogP contribution in [0, 0.1) is 12.0 Å². The topological polar surface area (TPSA) is 35.8 Å². The van der Waals surface area contributed by atoms with E-state index in [4.69, 9.17) is 5.26 Å². The van der Waals surface area contributed by atoms with Crippen LogP contribution < -0.4 is 10.6 Å². The first-order valence-electron chi connectivity index (χ1n) is 4.93. The summed E-state index contributed by atoms with van der Waals surface area (Å²) in [6, 6.07) is 12.8. The maximum atomic E-state index is 7.14. The van der Waals surface area contributed by atoms with Gasteiger partial charge in [0.25, 0.3) is 6.07 Å². The van der Waals surface area contributed by atoms with Crippen LogP contribution in [0.15, 0.2) is 30.3 Å². The van der Waals surface area contributed by atoms with Crippen molar-refractivity contribution in [2.24, 2.45) is 5.92 Å². The molecule has 0 bridgehead atoms. The third-order valence-corrected chi connectivity index (χ3v) is 2.19. The largest absolute Gasteiger partial charge is 0.294 e. The maximum absolute atomic E-state index is 7.14. The highest BCUT2D eigenvalue weighted by atomic mass is 14.9. The monoisotopic (exact) mass is 189 g/mol. The Morgan fingerprint density at radius 2 is 1.93 bits per heavy atom. The fourth-order valence-corrected chi connectivity index (χ4v) is 1.28. The summed E-state index contributed by atoms with van der Waals surface area (Å²) in [5.41, 5.74) is 1.24. The third kappa shape index (κ3) is 3.20. The van der Waals surface area contributed by atoms with Crippen molar-refractivity contribution in [3.8, 4) is 6.07 Å². The molecular formula is C12H17N2+. The highest BCUT2D eigenvalue weighted by Gasteiger charge is 2.14. The highest BCUT2D eigenvalue weighted by molar-refractivity contribution is 5.14. The first-order valence-corrected chi connectivity index (χ1v) is 4.93. The molecule has 0 saturated carbocycles. The van der Waals surface area contributed by atoms with Crippen molar-refractivity contribution in [3.05, 3.63) is 35.9 Å². The Morgan fingerprint density at radius 1 is 1.29 bits per heavy atom. The summed E-state index contributed by atoms with van der Waals surface area (Å²) in [7, 11) is 0. The first kappa shape index (κ1) is 10.7. The molecule has 2 nitrogen and oxygen atoms in total. The smallest absolute Gasteiger partial charge is 0.289 e. The molecule has 1 rings (SSSR count). The average Bonchev–Trinajstić information content (AvgIpc) is 2.20. The molecule has 0 aliphatic heterocycles. The Labute approximate surface area is 85.6 Å². The molecule has 14 heavy (non-hydrogen) atoms. The van der Waals surface area contributed by atoms with Gasteiger partial charge in [-0.05, 0) is 11.5 Å². The lowest BCUT2D eigenvalue weighted by Crippen LogP contribution is -2.37. The molecule has 74 valence electrons. The van der Waals surface area contributed by atoms with Crippen LogP contribution >= 0.6 is 0 Å². The second kappa shape index (κ2) is 5.41. The molecule has 1 aromatic rings. The van der Waals surface area contributed by atoms with Gasteiger partial charge >= 0.3 is 0 Å². The van der Waals surface area contributed by atoms with Crippen molar-refractivity contribution in [3.63, 3.8) is 0 Å². The van der Waals surface area contributed by atoms with E-state index in [1.54, 1.807) is 0 Å². The summed E-state index contributed by atoms with van der Waals surface area (Å²) in [6.07, 6.45) is 0. The van der Waals surface area contributed by atoms with E-state index >= 15 is 0 Å². The predicted molar refractivity (Wildman–Crippen MR) is 56.8 cm³/mol. The number of rotatable bonds is 4. The molecule has 1 aromatic carbocycles.